The third kappa shape index (κ3) is 2.84. The van der Waals surface area contributed by atoms with E-state index in [1.807, 2.05) is 36.0 Å². The molecule has 2 aliphatic heterocycles. The zero-order chi connectivity index (χ0) is 16.5. The Labute approximate surface area is 143 Å². The molecule has 1 aromatic carbocycles. The molecule has 2 aliphatic rings. The molecule has 2 aromatic rings. The molecular weight excluding hydrogens is 298 g/mol. The van der Waals surface area contributed by atoms with E-state index in [4.69, 9.17) is 0 Å². The minimum atomic E-state index is 0.0692. The molecule has 1 amide bonds. The molecule has 2 atom stereocenters. The van der Waals surface area contributed by atoms with Gasteiger partial charge in [-0.25, -0.2) is 0 Å². The van der Waals surface area contributed by atoms with Crippen LogP contribution in [-0.4, -0.2) is 41.1 Å². The van der Waals surface area contributed by atoms with E-state index in [1.165, 1.54) is 45.2 Å². The standard InChI is InChI=1S/C20H27N3O/c1-22-14-17(16-8-2-3-10-19(16)22)20(24)21-13-15-7-6-12-23-11-5-4-9-18(15)23/h2-3,8,10,14-15,18H,4-7,9,11-13H2,1H3,(H,21,24)/t15-,18+/m0/s1. The van der Waals surface area contributed by atoms with E-state index in [-0.39, 0.29) is 5.91 Å². The second-order valence-corrected chi connectivity index (χ2v) is 7.38. The number of amides is 1. The van der Waals surface area contributed by atoms with Gasteiger partial charge in [0, 0.05) is 36.7 Å². The highest BCUT2D eigenvalue weighted by Crippen LogP contribution is 2.30. The lowest BCUT2D eigenvalue weighted by atomic mass is 9.83. The van der Waals surface area contributed by atoms with E-state index in [1.54, 1.807) is 0 Å². The smallest absolute Gasteiger partial charge is 0.253 e. The summed E-state index contributed by atoms with van der Waals surface area (Å²) in [5, 5.41) is 4.27. The molecule has 1 N–H and O–H groups in total. The van der Waals surface area contributed by atoms with Crippen LogP contribution in [0.4, 0.5) is 0 Å². The number of piperidine rings is 2. The van der Waals surface area contributed by atoms with Crippen molar-refractivity contribution >= 4 is 16.8 Å². The minimum absolute atomic E-state index is 0.0692. The van der Waals surface area contributed by atoms with Gasteiger partial charge in [0.2, 0.25) is 0 Å². The average Bonchev–Trinajstić information content (AvgIpc) is 2.97. The minimum Gasteiger partial charge on any atom is -0.352 e. The van der Waals surface area contributed by atoms with Crippen LogP contribution >= 0.6 is 0 Å². The molecule has 3 heterocycles. The highest BCUT2D eigenvalue weighted by Gasteiger charge is 2.33. The summed E-state index contributed by atoms with van der Waals surface area (Å²) in [6, 6.07) is 8.80. The van der Waals surface area contributed by atoms with Crippen molar-refractivity contribution < 1.29 is 4.79 Å². The second-order valence-electron chi connectivity index (χ2n) is 7.38. The predicted molar refractivity (Wildman–Crippen MR) is 97.2 cm³/mol. The van der Waals surface area contributed by atoms with Crippen molar-refractivity contribution in [2.24, 2.45) is 13.0 Å². The number of aromatic nitrogens is 1. The largest absolute Gasteiger partial charge is 0.352 e. The molecule has 0 radical (unpaired) electrons. The molecule has 4 heteroatoms. The van der Waals surface area contributed by atoms with Gasteiger partial charge in [0.05, 0.1) is 5.56 Å². The number of para-hydroxylation sites is 1. The first-order valence-electron chi connectivity index (χ1n) is 9.30. The maximum absolute atomic E-state index is 12.7. The van der Waals surface area contributed by atoms with E-state index in [0.29, 0.717) is 12.0 Å². The summed E-state index contributed by atoms with van der Waals surface area (Å²) in [5.74, 6) is 0.678. The zero-order valence-electron chi connectivity index (χ0n) is 14.5. The number of aryl methyl sites for hydroxylation is 1. The van der Waals surface area contributed by atoms with Gasteiger partial charge in [0.15, 0.2) is 0 Å². The van der Waals surface area contributed by atoms with Crippen molar-refractivity contribution in [2.75, 3.05) is 19.6 Å². The quantitative estimate of drug-likeness (QED) is 0.941. The summed E-state index contributed by atoms with van der Waals surface area (Å²) in [6.07, 6.45) is 8.45. The summed E-state index contributed by atoms with van der Waals surface area (Å²) >= 11 is 0. The molecule has 2 saturated heterocycles. The molecule has 128 valence electrons. The molecule has 4 nitrogen and oxygen atoms in total. The van der Waals surface area contributed by atoms with E-state index >= 15 is 0 Å². The maximum Gasteiger partial charge on any atom is 0.253 e. The fraction of sp³-hybridized carbons (Fsp3) is 0.550. The van der Waals surface area contributed by atoms with Gasteiger partial charge in [-0.05, 0) is 50.8 Å². The fourth-order valence-electron chi connectivity index (χ4n) is 4.66. The van der Waals surface area contributed by atoms with Crippen LogP contribution in [0, 0.1) is 5.92 Å². The Morgan fingerprint density at radius 3 is 2.92 bits per heavy atom. The SMILES string of the molecule is Cn1cc(C(=O)NC[C@@H]2CCCN3CCCC[C@H]23)c2ccccc21. The number of fused-ring (bicyclic) bond motifs is 2. The van der Waals surface area contributed by atoms with E-state index in [9.17, 15) is 4.79 Å². The summed E-state index contributed by atoms with van der Waals surface area (Å²) in [5.41, 5.74) is 1.91. The number of benzene rings is 1. The van der Waals surface area contributed by atoms with Gasteiger partial charge in [0.25, 0.3) is 5.91 Å². The fourth-order valence-corrected chi connectivity index (χ4v) is 4.66. The molecule has 0 aliphatic carbocycles. The number of carbonyl (C=O) groups is 1. The van der Waals surface area contributed by atoms with Gasteiger partial charge in [-0.1, -0.05) is 24.6 Å². The van der Waals surface area contributed by atoms with Crippen LogP contribution < -0.4 is 5.32 Å². The number of nitrogens with zero attached hydrogens (tertiary/aromatic N) is 2. The number of hydrogen-bond donors (Lipinski definition) is 1. The Hall–Kier alpha value is -1.81. The first-order chi connectivity index (χ1) is 11.7. The van der Waals surface area contributed by atoms with Crippen LogP contribution in [0.1, 0.15) is 42.5 Å². The van der Waals surface area contributed by atoms with Crippen LogP contribution in [0.15, 0.2) is 30.5 Å². The Balaban J connectivity index is 1.46. The highest BCUT2D eigenvalue weighted by molar-refractivity contribution is 6.06. The second kappa shape index (κ2) is 6.60. The summed E-state index contributed by atoms with van der Waals surface area (Å²) in [4.78, 5) is 15.4. The topological polar surface area (TPSA) is 37.3 Å². The van der Waals surface area contributed by atoms with Crippen molar-refractivity contribution in [3.8, 4) is 0 Å². The first kappa shape index (κ1) is 15.7. The van der Waals surface area contributed by atoms with Crippen LogP contribution in [0.3, 0.4) is 0 Å². The van der Waals surface area contributed by atoms with E-state index in [0.717, 1.165) is 23.0 Å². The van der Waals surface area contributed by atoms with Crippen molar-refractivity contribution in [1.29, 1.82) is 0 Å². The number of carbonyl (C=O) groups excluding carboxylic acids is 1. The van der Waals surface area contributed by atoms with Crippen molar-refractivity contribution in [3.63, 3.8) is 0 Å². The summed E-state index contributed by atoms with van der Waals surface area (Å²) in [7, 11) is 2.00. The summed E-state index contributed by atoms with van der Waals surface area (Å²) in [6.45, 7) is 3.31. The molecule has 4 rings (SSSR count). The number of rotatable bonds is 3. The molecule has 0 unspecified atom stereocenters. The molecule has 1 aromatic heterocycles. The van der Waals surface area contributed by atoms with Gasteiger partial charge in [0.1, 0.15) is 0 Å². The lowest BCUT2D eigenvalue weighted by Crippen LogP contribution is -2.50. The number of nitrogens with one attached hydrogen (secondary N) is 1. The maximum atomic E-state index is 12.7. The molecule has 2 fully saturated rings. The predicted octanol–water partition coefficient (Wildman–Crippen LogP) is 3.17. The van der Waals surface area contributed by atoms with Crippen molar-refractivity contribution in [3.05, 3.63) is 36.0 Å². The third-order valence-electron chi connectivity index (χ3n) is 5.90. The van der Waals surface area contributed by atoms with Crippen LogP contribution in [0.2, 0.25) is 0 Å². The molecule has 24 heavy (non-hydrogen) atoms. The molecule has 0 saturated carbocycles. The Morgan fingerprint density at radius 2 is 2.00 bits per heavy atom. The van der Waals surface area contributed by atoms with Crippen LogP contribution in [0.25, 0.3) is 10.9 Å². The zero-order valence-corrected chi connectivity index (χ0v) is 14.5. The van der Waals surface area contributed by atoms with Gasteiger partial charge in [-0.15, -0.1) is 0 Å². The molecular formula is C20H27N3O. The van der Waals surface area contributed by atoms with Gasteiger partial charge >= 0.3 is 0 Å². The lowest BCUT2D eigenvalue weighted by Gasteiger charge is -2.44. The highest BCUT2D eigenvalue weighted by atomic mass is 16.1. The van der Waals surface area contributed by atoms with Crippen LogP contribution in [-0.2, 0) is 7.05 Å². The number of hydrogen-bond acceptors (Lipinski definition) is 2. The van der Waals surface area contributed by atoms with Crippen molar-refractivity contribution in [1.82, 2.24) is 14.8 Å². The Morgan fingerprint density at radius 1 is 1.17 bits per heavy atom. The Bertz CT molecular complexity index is 734. The molecule has 0 spiro atoms. The van der Waals surface area contributed by atoms with Gasteiger partial charge in [-0.2, -0.15) is 0 Å². The van der Waals surface area contributed by atoms with E-state index in [2.05, 4.69) is 16.3 Å². The molecule has 0 bridgehead atoms. The van der Waals surface area contributed by atoms with Gasteiger partial charge in [-0.3, -0.25) is 4.79 Å². The normalized spacial score (nSPS) is 24.7. The van der Waals surface area contributed by atoms with E-state index < -0.39 is 0 Å². The third-order valence-corrected chi connectivity index (χ3v) is 5.90. The Kier molecular flexibility index (Phi) is 4.31. The van der Waals surface area contributed by atoms with Crippen LogP contribution in [0.5, 0.6) is 0 Å². The van der Waals surface area contributed by atoms with Gasteiger partial charge < -0.3 is 14.8 Å². The monoisotopic (exact) mass is 325 g/mol. The average molecular weight is 325 g/mol. The van der Waals surface area contributed by atoms with Crippen molar-refractivity contribution in [2.45, 2.75) is 38.1 Å². The first-order valence-corrected chi connectivity index (χ1v) is 9.30. The lowest BCUT2D eigenvalue weighted by molar-refractivity contribution is 0.0576. The summed E-state index contributed by atoms with van der Waals surface area (Å²) < 4.78 is 2.04.